The molecule has 0 bridgehead atoms. The van der Waals surface area contributed by atoms with Crippen LogP contribution in [0.4, 0.5) is 0 Å². The van der Waals surface area contributed by atoms with Crippen molar-refractivity contribution >= 4 is 37.6 Å². The average Bonchev–Trinajstić information content (AvgIpc) is 2.72. The summed E-state index contributed by atoms with van der Waals surface area (Å²) in [4.78, 5) is 13.4. The quantitative estimate of drug-likeness (QED) is 0.286. The minimum Gasteiger partial charge on any atom is -0.289 e. The Morgan fingerprint density at radius 1 is 0.690 bits per heavy atom. The maximum atomic E-state index is 13.4. The predicted molar refractivity (Wildman–Crippen MR) is 130 cm³/mol. The molecule has 0 N–H and O–H groups in total. The maximum Gasteiger partial charge on any atom is 0.193 e. The van der Waals surface area contributed by atoms with Gasteiger partial charge in [0.2, 0.25) is 0 Å². The fourth-order valence-electron chi connectivity index (χ4n) is 4.90. The lowest BCUT2D eigenvalue weighted by Crippen LogP contribution is -2.36. The van der Waals surface area contributed by atoms with Crippen molar-refractivity contribution in [2.45, 2.75) is 83.5 Å². The summed E-state index contributed by atoms with van der Waals surface area (Å²) in [7, 11) is 0. The Balaban J connectivity index is 2.10. The van der Waals surface area contributed by atoms with Gasteiger partial charge in [-0.25, -0.2) is 0 Å². The standard InChI is InChI=1S/C26H32Br2O/c1-3-5-7-9-15-26(16-10-8-6-4-2)23-13-11-19(27)17-21(23)25(29)22-18-20(28)12-14-24(22)26/h11-14,17-18H,3-10,15-16H2,1-2H3. The van der Waals surface area contributed by atoms with Gasteiger partial charge in [0.05, 0.1) is 0 Å². The molecule has 3 heteroatoms. The third-order valence-electron chi connectivity index (χ3n) is 6.40. The highest BCUT2D eigenvalue weighted by Crippen LogP contribution is 2.49. The Kier molecular flexibility index (Phi) is 8.15. The summed E-state index contributed by atoms with van der Waals surface area (Å²) >= 11 is 7.19. The van der Waals surface area contributed by atoms with E-state index in [2.05, 4.69) is 70.0 Å². The average molecular weight is 520 g/mol. The van der Waals surface area contributed by atoms with Crippen molar-refractivity contribution in [2.75, 3.05) is 0 Å². The van der Waals surface area contributed by atoms with E-state index in [9.17, 15) is 4.79 Å². The van der Waals surface area contributed by atoms with E-state index in [1.807, 2.05) is 12.1 Å². The first-order chi connectivity index (χ1) is 14.0. The molecule has 0 spiro atoms. The zero-order valence-electron chi connectivity index (χ0n) is 17.7. The van der Waals surface area contributed by atoms with Crippen molar-refractivity contribution in [3.05, 3.63) is 67.6 Å². The van der Waals surface area contributed by atoms with E-state index in [0.717, 1.165) is 32.9 Å². The minimum absolute atomic E-state index is 0.0541. The number of hydrogen-bond acceptors (Lipinski definition) is 1. The van der Waals surface area contributed by atoms with Crippen molar-refractivity contribution in [3.63, 3.8) is 0 Å². The van der Waals surface area contributed by atoms with Crippen molar-refractivity contribution in [1.29, 1.82) is 0 Å². The van der Waals surface area contributed by atoms with Crippen LogP contribution in [0.2, 0.25) is 0 Å². The summed E-state index contributed by atoms with van der Waals surface area (Å²) in [6.07, 6.45) is 12.2. The molecule has 0 aliphatic heterocycles. The summed E-state index contributed by atoms with van der Waals surface area (Å²) in [5, 5.41) is 0. The second-order valence-corrected chi connectivity index (χ2v) is 10.2. The smallest absolute Gasteiger partial charge is 0.193 e. The van der Waals surface area contributed by atoms with Crippen LogP contribution >= 0.6 is 31.9 Å². The molecule has 0 fully saturated rings. The molecule has 1 aliphatic carbocycles. The lowest BCUT2D eigenvalue weighted by Gasteiger charge is -2.41. The molecular weight excluding hydrogens is 488 g/mol. The Hall–Kier alpha value is -0.930. The van der Waals surface area contributed by atoms with Gasteiger partial charge in [0.25, 0.3) is 0 Å². The van der Waals surface area contributed by atoms with Gasteiger partial charge >= 0.3 is 0 Å². The number of unbranched alkanes of at least 4 members (excludes halogenated alkanes) is 6. The van der Waals surface area contributed by atoms with Crippen LogP contribution in [0.5, 0.6) is 0 Å². The van der Waals surface area contributed by atoms with Gasteiger partial charge in [0.15, 0.2) is 5.78 Å². The maximum absolute atomic E-state index is 13.4. The Bertz CT molecular complexity index is 786. The van der Waals surface area contributed by atoms with Crippen LogP contribution in [0.1, 0.15) is 105 Å². The molecule has 0 aromatic heterocycles. The van der Waals surface area contributed by atoms with Crippen LogP contribution in [0, 0.1) is 0 Å². The van der Waals surface area contributed by atoms with E-state index in [1.165, 1.54) is 62.5 Å². The van der Waals surface area contributed by atoms with Crippen LogP contribution in [0.3, 0.4) is 0 Å². The molecule has 0 atom stereocenters. The van der Waals surface area contributed by atoms with E-state index in [4.69, 9.17) is 0 Å². The lowest BCUT2D eigenvalue weighted by atomic mass is 9.61. The van der Waals surface area contributed by atoms with Gasteiger partial charge in [0.1, 0.15) is 0 Å². The normalized spacial score (nSPS) is 14.6. The molecule has 0 saturated heterocycles. The number of halogens is 2. The van der Waals surface area contributed by atoms with Crippen LogP contribution in [-0.2, 0) is 5.41 Å². The molecule has 0 radical (unpaired) electrons. The van der Waals surface area contributed by atoms with E-state index in [-0.39, 0.29) is 11.2 Å². The summed E-state index contributed by atoms with van der Waals surface area (Å²) in [5.74, 6) is 0.162. The molecule has 0 amide bonds. The Labute approximate surface area is 192 Å². The van der Waals surface area contributed by atoms with E-state index >= 15 is 0 Å². The highest BCUT2D eigenvalue weighted by Gasteiger charge is 2.42. The van der Waals surface area contributed by atoms with Crippen molar-refractivity contribution in [1.82, 2.24) is 0 Å². The molecule has 29 heavy (non-hydrogen) atoms. The monoisotopic (exact) mass is 518 g/mol. The SMILES string of the molecule is CCCCCCC1(CCCCCC)c2ccc(Br)cc2C(=O)c2cc(Br)ccc21. The molecule has 0 heterocycles. The highest BCUT2D eigenvalue weighted by molar-refractivity contribution is 9.10. The molecule has 0 unspecified atom stereocenters. The zero-order chi connectivity index (χ0) is 20.9. The summed E-state index contributed by atoms with van der Waals surface area (Å²) in [6, 6.07) is 12.7. The van der Waals surface area contributed by atoms with Crippen LogP contribution in [0.25, 0.3) is 0 Å². The first-order valence-electron chi connectivity index (χ1n) is 11.2. The number of ketones is 1. The summed E-state index contributed by atoms with van der Waals surface area (Å²) < 4.78 is 1.96. The summed E-state index contributed by atoms with van der Waals surface area (Å²) in [5.41, 5.74) is 4.20. The number of fused-ring (bicyclic) bond motifs is 2. The van der Waals surface area contributed by atoms with Gasteiger partial charge in [0, 0.05) is 25.5 Å². The molecule has 1 nitrogen and oxygen atoms in total. The lowest BCUT2D eigenvalue weighted by molar-refractivity contribution is 0.102. The first kappa shape index (κ1) is 22.7. The fourth-order valence-corrected chi connectivity index (χ4v) is 5.63. The van der Waals surface area contributed by atoms with E-state index in [0.29, 0.717) is 0 Å². The van der Waals surface area contributed by atoms with Gasteiger partial charge in [-0.2, -0.15) is 0 Å². The number of benzene rings is 2. The van der Waals surface area contributed by atoms with Crippen molar-refractivity contribution < 1.29 is 4.79 Å². The molecular formula is C26H32Br2O. The third kappa shape index (κ3) is 4.88. The minimum atomic E-state index is -0.0541. The Morgan fingerprint density at radius 2 is 1.14 bits per heavy atom. The van der Waals surface area contributed by atoms with Crippen LogP contribution < -0.4 is 0 Å². The number of carbonyl (C=O) groups excluding carboxylic acids is 1. The zero-order valence-corrected chi connectivity index (χ0v) is 20.9. The molecule has 156 valence electrons. The largest absolute Gasteiger partial charge is 0.289 e. The van der Waals surface area contributed by atoms with Gasteiger partial charge in [-0.15, -0.1) is 0 Å². The number of hydrogen-bond donors (Lipinski definition) is 0. The van der Waals surface area contributed by atoms with Crippen LogP contribution in [-0.4, -0.2) is 5.78 Å². The number of rotatable bonds is 10. The molecule has 0 saturated carbocycles. The molecule has 2 aromatic rings. The number of carbonyl (C=O) groups is 1. The van der Waals surface area contributed by atoms with Gasteiger partial charge in [-0.1, -0.05) is 109 Å². The third-order valence-corrected chi connectivity index (χ3v) is 7.38. The molecule has 1 aliphatic rings. The van der Waals surface area contributed by atoms with Gasteiger partial charge in [-0.3, -0.25) is 4.79 Å². The van der Waals surface area contributed by atoms with Gasteiger partial charge < -0.3 is 0 Å². The molecule has 3 rings (SSSR count). The van der Waals surface area contributed by atoms with E-state index < -0.39 is 0 Å². The Morgan fingerprint density at radius 3 is 1.55 bits per heavy atom. The highest BCUT2D eigenvalue weighted by atomic mass is 79.9. The topological polar surface area (TPSA) is 17.1 Å². The fraction of sp³-hybridized carbons (Fsp3) is 0.500. The second kappa shape index (κ2) is 10.4. The van der Waals surface area contributed by atoms with Crippen LogP contribution in [0.15, 0.2) is 45.3 Å². The van der Waals surface area contributed by atoms with Gasteiger partial charge in [-0.05, 0) is 48.2 Å². The predicted octanol–water partition coefficient (Wildman–Crippen LogP) is 8.98. The first-order valence-corrected chi connectivity index (χ1v) is 12.8. The van der Waals surface area contributed by atoms with E-state index in [1.54, 1.807) is 0 Å². The van der Waals surface area contributed by atoms with Crippen molar-refractivity contribution in [3.8, 4) is 0 Å². The second-order valence-electron chi connectivity index (χ2n) is 8.41. The molecule has 2 aromatic carbocycles. The summed E-state index contributed by atoms with van der Waals surface area (Å²) in [6.45, 7) is 4.53. The van der Waals surface area contributed by atoms with Crippen molar-refractivity contribution in [2.24, 2.45) is 0 Å².